The molecular formula is C21H19F4N3O2. The van der Waals surface area contributed by atoms with Gasteiger partial charge in [-0.2, -0.15) is 13.2 Å². The fraction of sp³-hybridized carbons (Fsp3) is 0.333. The fourth-order valence-corrected chi connectivity index (χ4v) is 4.09. The molecule has 2 heterocycles. The maximum Gasteiger partial charge on any atom is 0.416 e. The van der Waals surface area contributed by atoms with Crippen molar-refractivity contribution < 1.29 is 27.2 Å². The van der Waals surface area contributed by atoms with Crippen LogP contribution < -0.4 is 10.2 Å². The van der Waals surface area contributed by atoms with Crippen molar-refractivity contribution in [3.8, 4) is 0 Å². The molecule has 0 radical (unpaired) electrons. The molecule has 158 valence electrons. The van der Waals surface area contributed by atoms with E-state index in [0.717, 1.165) is 12.1 Å². The van der Waals surface area contributed by atoms with Crippen LogP contribution >= 0.6 is 0 Å². The second-order valence-electron chi connectivity index (χ2n) is 7.57. The molecular weight excluding hydrogens is 402 g/mol. The van der Waals surface area contributed by atoms with E-state index in [-0.39, 0.29) is 17.4 Å². The number of benzene rings is 2. The summed E-state index contributed by atoms with van der Waals surface area (Å²) >= 11 is 0. The van der Waals surface area contributed by atoms with Gasteiger partial charge in [0.25, 0.3) is 11.8 Å². The summed E-state index contributed by atoms with van der Waals surface area (Å²) in [6.07, 6.45) is -3.66. The van der Waals surface area contributed by atoms with Gasteiger partial charge in [-0.15, -0.1) is 0 Å². The Morgan fingerprint density at radius 3 is 2.30 bits per heavy atom. The van der Waals surface area contributed by atoms with Gasteiger partial charge >= 0.3 is 6.18 Å². The molecule has 1 fully saturated rings. The van der Waals surface area contributed by atoms with Crippen LogP contribution in [0.3, 0.4) is 0 Å². The molecule has 0 unspecified atom stereocenters. The minimum absolute atomic E-state index is 0.174. The van der Waals surface area contributed by atoms with Crippen LogP contribution in [0.1, 0.15) is 39.1 Å². The summed E-state index contributed by atoms with van der Waals surface area (Å²) in [5, 5.41) is 2.98. The van der Waals surface area contributed by atoms with Crippen LogP contribution in [-0.2, 0) is 6.18 Å². The molecule has 0 bridgehead atoms. The van der Waals surface area contributed by atoms with Gasteiger partial charge in [-0.1, -0.05) is 0 Å². The predicted octanol–water partition coefficient (Wildman–Crippen LogP) is 3.66. The Balaban J connectivity index is 1.50. The molecule has 1 N–H and O–H groups in total. The molecule has 1 saturated heterocycles. The number of carbonyl (C=O) groups excluding carboxylic acids is 2. The van der Waals surface area contributed by atoms with Gasteiger partial charge < -0.3 is 15.1 Å². The zero-order valence-electron chi connectivity index (χ0n) is 16.1. The van der Waals surface area contributed by atoms with Crippen molar-refractivity contribution in [1.82, 2.24) is 10.2 Å². The maximum atomic E-state index is 13.7. The number of anilines is 1. The first-order valence-corrected chi connectivity index (χ1v) is 9.43. The number of nitrogens with zero attached hydrogens (tertiary/aromatic N) is 2. The van der Waals surface area contributed by atoms with Crippen LogP contribution in [0.15, 0.2) is 42.5 Å². The fourth-order valence-electron chi connectivity index (χ4n) is 4.09. The summed E-state index contributed by atoms with van der Waals surface area (Å²) in [5.41, 5.74) is -0.523. The van der Waals surface area contributed by atoms with Gasteiger partial charge in [0.15, 0.2) is 0 Å². The van der Waals surface area contributed by atoms with Gasteiger partial charge in [-0.25, -0.2) is 4.39 Å². The molecule has 2 amide bonds. The van der Waals surface area contributed by atoms with E-state index in [0.29, 0.717) is 37.2 Å². The molecule has 0 saturated carbocycles. The number of hydrogen-bond donors (Lipinski definition) is 1. The van der Waals surface area contributed by atoms with E-state index in [1.54, 1.807) is 11.9 Å². The first-order valence-electron chi connectivity index (χ1n) is 9.43. The van der Waals surface area contributed by atoms with E-state index in [4.69, 9.17) is 0 Å². The van der Waals surface area contributed by atoms with Crippen LogP contribution in [-0.4, -0.2) is 42.5 Å². The van der Waals surface area contributed by atoms with E-state index in [1.165, 1.54) is 30.3 Å². The minimum atomic E-state index is -4.46. The second-order valence-corrected chi connectivity index (χ2v) is 7.57. The lowest BCUT2D eigenvalue weighted by molar-refractivity contribution is -0.137. The van der Waals surface area contributed by atoms with E-state index in [9.17, 15) is 27.2 Å². The second kappa shape index (κ2) is 7.00. The average Bonchev–Trinajstić information content (AvgIpc) is 2.71. The van der Waals surface area contributed by atoms with Crippen molar-refractivity contribution in [3.63, 3.8) is 0 Å². The van der Waals surface area contributed by atoms with Crippen LogP contribution in [0.4, 0.5) is 23.2 Å². The standard InChI is InChI=1S/C21H19F4N3O2/c1-27-17-12-15(22)6-7-16(17)18(29)26-20(27)8-10-28(11-9-20)19(30)13-2-4-14(5-3-13)21(23,24)25/h2-7,12H,8-11H2,1H3,(H,26,29). The third-order valence-electron chi connectivity index (χ3n) is 5.89. The van der Waals surface area contributed by atoms with Crippen molar-refractivity contribution in [2.24, 2.45) is 0 Å². The van der Waals surface area contributed by atoms with E-state index < -0.39 is 23.2 Å². The molecule has 2 aliphatic rings. The summed E-state index contributed by atoms with van der Waals surface area (Å²) in [4.78, 5) is 28.6. The molecule has 4 rings (SSSR count). The van der Waals surface area contributed by atoms with Crippen LogP contribution in [0.5, 0.6) is 0 Å². The number of piperidine rings is 1. The summed E-state index contributed by atoms with van der Waals surface area (Å²) in [6.45, 7) is 0.601. The van der Waals surface area contributed by atoms with Gasteiger partial charge in [0.2, 0.25) is 0 Å². The number of halogens is 4. The van der Waals surface area contributed by atoms with E-state index in [2.05, 4.69) is 5.32 Å². The quantitative estimate of drug-likeness (QED) is 0.716. The lowest BCUT2D eigenvalue weighted by atomic mass is 9.90. The van der Waals surface area contributed by atoms with Gasteiger partial charge in [0.05, 0.1) is 16.8 Å². The Morgan fingerprint density at radius 1 is 1.07 bits per heavy atom. The summed E-state index contributed by atoms with van der Waals surface area (Å²) < 4.78 is 51.9. The lowest BCUT2D eigenvalue weighted by Crippen LogP contribution is -2.67. The number of fused-ring (bicyclic) bond motifs is 1. The highest BCUT2D eigenvalue weighted by Gasteiger charge is 2.45. The topological polar surface area (TPSA) is 52.7 Å². The Hall–Kier alpha value is -3.10. The summed E-state index contributed by atoms with van der Waals surface area (Å²) in [6, 6.07) is 8.10. The van der Waals surface area contributed by atoms with Gasteiger partial charge in [0.1, 0.15) is 11.5 Å². The van der Waals surface area contributed by atoms with Crippen LogP contribution in [0.25, 0.3) is 0 Å². The van der Waals surface area contributed by atoms with Gasteiger partial charge in [0, 0.05) is 38.5 Å². The molecule has 2 aromatic carbocycles. The Bertz CT molecular complexity index is 996. The predicted molar refractivity (Wildman–Crippen MR) is 102 cm³/mol. The largest absolute Gasteiger partial charge is 0.416 e. The highest BCUT2D eigenvalue weighted by Crippen LogP contribution is 2.37. The third-order valence-corrected chi connectivity index (χ3v) is 5.89. The van der Waals surface area contributed by atoms with Crippen molar-refractivity contribution in [2.75, 3.05) is 25.0 Å². The first-order chi connectivity index (χ1) is 14.1. The molecule has 9 heteroatoms. The van der Waals surface area contributed by atoms with Crippen molar-refractivity contribution in [1.29, 1.82) is 0 Å². The molecule has 2 aromatic rings. The summed E-state index contributed by atoms with van der Waals surface area (Å²) in [5.74, 6) is -1.11. The molecule has 2 aliphatic heterocycles. The van der Waals surface area contributed by atoms with E-state index in [1.807, 2.05) is 4.90 Å². The molecule has 0 atom stereocenters. The summed E-state index contributed by atoms with van der Waals surface area (Å²) in [7, 11) is 1.77. The smallest absolute Gasteiger partial charge is 0.351 e. The lowest BCUT2D eigenvalue weighted by Gasteiger charge is -2.51. The average molecular weight is 421 g/mol. The molecule has 1 spiro atoms. The SMILES string of the molecule is CN1c2cc(F)ccc2C(=O)NC12CCN(C(=O)c1ccc(C(F)(F)F)cc1)CC2. The number of rotatable bonds is 1. The molecule has 30 heavy (non-hydrogen) atoms. The number of carbonyl (C=O) groups is 2. The van der Waals surface area contributed by atoms with Crippen LogP contribution in [0.2, 0.25) is 0 Å². The molecule has 5 nitrogen and oxygen atoms in total. The van der Waals surface area contributed by atoms with Gasteiger partial charge in [-0.05, 0) is 42.5 Å². The van der Waals surface area contributed by atoms with Crippen LogP contribution in [0, 0.1) is 5.82 Å². The molecule has 0 aliphatic carbocycles. The Labute approximate surface area is 170 Å². The molecule has 0 aromatic heterocycles. The number of hydrogen-bond acceptors (Lipinski definition) is 3. The zero-order valence-corrected chi connectivity index (χ0v) is 16.1. The number of alkyl halides is 3. The number of amides is 2. The number of likely N-dealkylation sites (tertiary alicyclic amines) is 1. The Kier molecular flexibility index (Phi) is 4.71. The van der Waals surface area contributed by atoms with Gasteiger partial charge in [-0.3, -0.25) is 9.59 Å². The van der Waals surface area contributed by atoms with E-state index >= 15 is 0 Å². The normalized spacial score (nSPS) is 18.2. The third kappa shape index (κ3) is 3.38. The van der Waals surface area contributed by atoms with Crippen molar-refractivity contribution >= 4 is 17.5 Å². The van der Waals surface area contributed by atoms with Crippen molar-refractivity contribution in [3.05, 3.63) is 65.0 Å². The minimum Gasteiger partial charge on any atom is -0.351 e. The monoisotopic (exact) mass is 421 g/mol. The highest BCUT2D eigenvalue weighted by atomic mass is 19.4. The number of nitrogens with one attached hydrogen (secondary N) is 1. The Morgan fingerprint density at radius 2 is 1.70 bits per heavy atom. The first kappa shape index (κ1) is 20.2. The highest BCUT2D eigenvalue weighted by molar-refractivity contribution is 6.02. The maximum absolute atomic E-state index is 13.7. The zero-order chi connectivity index (χ0) is 21.7. The van der Waals surface area contributed by atoms with Crippen molar-refractivity contribution in [2.45, 2.75) is 24.7 Å².